The third kappa shape index (κ3) is 2.64. The number of H-pyrrole nitrogens is 1. The summed E-state index contributed by atoms with van der Waals surface area (Å²) in [5.41, 5.74) is 2.86. The van der Waals surface area contributed by atoms with E-state index < -0.39 is 0 Å². The topological polar surface area (TPSA) is 57.2 Å². The lowest BCUT2D eigenvalue weighted by Crippen LogP contribution is -2.44. The summed E-state index contributed by atoms with van der Waals surface area (Å²) in [4.78, 5) is 20.1. The van der Waals surface area contributed by atoms with E-state index in [-0.39, 0.29) is 11.4 Å². The molecule has 2 aromatic rings. The van der Waals surface area contributed by atoms with Crippen molar-refractivity contribution in [2.75, 3.05) is 38.1 Å². The second-order valence-corrected chi connectivity index (χ2v) is 7.67. The summed E-state index contributed by atoms with van der Waals surface area (Å²) in [6, 6.07) is 5.16. The molecule has 1 fully saturated rings. The second kappa shape index (κ2) is 6.17. The Labute approximate surface area is 158 Å². The zero-order valence-electron chi connectivity index (χ0n) is 14.8. The van der Waals surface area contributed by atoms with Gasteiger partial charge in [-0.1, -0.05) is 0 Å². The first-order valence-electron chi connectivity index (χ1n) is 8.81. The van der Waals surface area contributed by atoms with E-state index in [9.17, 15) is 9.18 Å². The molecule has 0 saturated carbocycles. The molecule has 0 unspecified atom stereocenters. The summed E-state index contributed by atoms with van der Waals surface area (Å²) in [5.74, 6) is -0.287. The third-order valence-electron chi connectivity index (χ3n) is 5.19. The number of hydrogen-bond acceptors (Lipinski definition) is 5. The Morgan fingerprint density at radius 1 is 1.22 bits per heavy atom. The first-order valence-corrected chi connectivity index (χ1v) is 9.76. The number of nitrogens with one attached hydrogen (secondary N) is 1. The van der Waals surface area contributed by atoms with E-state index in [4.69, 9.17) is 0 Å². The van der Waals surface area contributed by atoms with E-state index >= 15 is 0 Å². The smallest absolute Gasteiger partial charge is 0.282 e. The van der Waals surface area contributed by atoms with Crippen LogP contribution >= 0.6 is 11.3 Å². The highest BCUT2D eigenvalue weighted by atomic mass is 32.1. The molecule has 3 aliphatic rings. The number of nitrogens with zero attached hydrogens (tertiary/aromatic N) is 4. The Kier molecular flexibility index (Phi) is 3.76. The van der Waals surface area contributed by atoms with Gasteiger partial charge in [0.1, 0.15) is 11.5 Å². The number of rotatable bonds is 2. The lowest BCUT2D eigenvalue weighted by Gasteiger charge is -2.34. The van der Waals surface area contributed by atoms with Crippen molar-refractivity contribution in [3.8, 4) is 16.9 Å². The number of piperazine rings is 1. The molecule has 0 atom stereocenters. The van der Waals surface area contributed by atoms with Gasteiger partial charge in [0.2, 0.25) is 0 Å². The molecule has 138 valence electrons. The van der Waals surface area contributed by atoms with Crippen LogP contribution in [0, 0.1) is 5.82 Å². The van der Waals surface area contributed by atoms with Crippen LogP contribution in [0.3, 0.4) is 0 Å². The van der Waals surface area contributed by atoms with Crippen LogP contribution < -0.4 is 10.5 Å². The van der Waals surface area contributed by atoms with Crippen LogP contribution in [-0.4, -0.2) is 52.9 Å². The number of anilines is 1. The Balaban J connectivity index is 1.66. The van der Waals surface area contributed by atoms with E-state index in [2.05, 4.69) is 26.9 Å². The van der Waals surface area contributed by atoms with E-state index in [1.165, 1.54) is 22.1 Å². The lowest BCUT2D eigenvalue weighted by atomic mass is 10.1. The molecule has 0 bridgehead atoms. The van der Waals surface area contributed by atoms with Crippen molar-refractivity contribution < 1.29 is 4.39 Å². The molecule has 0 radical (unpaired) electrons. The van der Waals surface area contributed by atoms with E-state index in [1.54, 1.807) is 6.20 Å². The van der Waals surface area contributed by atoms with Crippen LogP contribution in [0.1, 0.15) is 0 Å². The molecule has 0 amide bonds. The maximum Gasteiger partial charge on any atom is 0.282 e. The number of aromatic nitrogens is 3. The number of fused-ring (bicyclic) bond motifs is 3. The standard InChI is InChI=1S/C19H18FN5OS/c1-23-3-5-24(6-4-23)17-9-16-13(8-15(17)20)18-14(10-21-16)19(26)25(22-18)12-2-7-27-11-12/h2,7-11,21H,3-6H2,1H3. The second-order valence-electron chi connectivity index (χ2n) is 6.89. The Morgan fingerprint density at radius 2 is 2.04 bits per heavy atom. The van der Waals surface area contributed by atoms with Gasteiger partial charge < -0.3 is 14.8 Å². The molecule has 8 heteroatoms. The van der Waals surface area contributed by atoms with Crippen molar-refractivity contribution in [1.82, 2.24) is 19.7 Å². The fourth-order valence-electron chi connectivity index (χ4n) is 3.61. The predicted molar refractivity (Wildman–Crippen MR) is 106 cm³/mol. The zero-order chi connectivity index (χ0) is 18.5. The van der Waals surface area contributed by atoms with Gasteiger partial charge in [0, 0.05) is 48.7 Å². The van der Waals surface area contributed by atoms with Gasteiger partial charge in [0.15, 0.2) is 0 Å². The molecular weight excluding hydrogens is 365 g/mol. The summed E-state index contributed by atoms with van der Waals surface area (Å²) >= 11 is 1.50. The monoisotopic (exact) mass is 383 g/mol. The van der Waals surface area contributed by atoms with Gasteiger partial charge in [-0.05, 0) is 30.6 Å². The number of aromatic amines is 1. The summed E-state index contributed by atoms with van der Waals surface area (Å²) in [7, 11) is 2.07. The summed E-state index contributed by atoms with van der Waals surface area (Å²) < 4.78 is 16.3. The molecule has 5 rings (SSSR count). The number of hydrogen-bond donors (Lipinski definition) is 1. The van der Waals surface area contributed by atoms with Gasteiger partial charge in [0.05, 0.1) is 16.9 Å². The molecule has 0 spiro atoms. The summed E-state index contributed by atoms with van der Waals surface area (Å²) in [6.07, 6.45) is 1.67. The summed E-state index contributed by atoms with van der Waals surface area (Å²) in [6.45, 7) is 3.40. The van der Waals surface area contributed by atoms with Crippen LogP contribution in [0.5, 0.6) is 0 Å². The highest BCUT2D eigenvalue weighted by Gasteiger charge is 2.23. The SMILES string of the molecule is CN1CCN(c2cc3[nH]cc4c(=O)n(-c5ccsc5)nc-4c3cc2F)CC1. The molecule has 0 aliphatic carbocycles. The van der Waals surface area contributed by atoms with Crippen LogP contribution in [0.15, 0.2) is 40.0 Å². The average Bonchev–Trinajstić information content (AvgIpc) is 3.30. The highest BCUT2D eigenvalue weighted by molar-refractivity contribution is 7.08. The number of thiophene rings is 1. The van der Waals surface area contributed by atoms with E-state index in [0.29, 0.717) is 22.3 Å². The quantitative estimate of drug-likeness (QED) is 0.578. The molecule has 4 heterocycles. The Hall–Kier alpha value is -2.71. The van der Waals surface area contributed by atoms with Gasteiger partial charge in [-0.2, -0.15) is 21.1 Å². The van der Waals surface area contributed by atoms with Crippen LogP contribution in [0.4, 0.5) is 10.1 Å². The first-order chi connectivity index (χ1) is 13.1. The normalized spacial score (nSPS) is 15.9. The maximum absolute atomic E-state index is 14.9. The van der Waals surface area contributed by atoms with Crippen LogP contribution in [0.2, 0.25) is 0 Å². The van der Waals surface area contributed by atoms with Crippen molar-refractivity contribution in [3.05, 3.63) is 51.3 Å². The van der Waals surface area contributed by atoms with Gasteiger partial charge in [-0.25, -0.2) is 4.39 Å². The summed E-state index contributed by atoms with van der Waals surface area (Å²) in [5, 5.41) is 8.86. The van der Waals surface area contributed by atoms with Crippen LogP contribution in [0.25, 0.3) is 27.8 Å². The maximum atomic E-state index is 14.9. The van der Waals surface area contributed by atoms with Gasteiger partial charge in [0.25, 0.3) is 5.56 Å². The minimum absolute atomic E-state index is 0.204. The fraction of sp³-hybridized carbons (Fsp3) is 0.263. The molecule has 6 nitrogen and oxygen atoms in total. The number of pyridine rings is 1. The van der Waals surface area contributed by atoms with Crippen molar-refractivity contribution in [2.45, 2.75) is 0 Å². The molecular formula is C19H18FN5OS. The van der Waals surface area contributed by atoms with E-state index in [0.717, 1.165) is 37.4 Å². The largest absolute Gasteiger partial charge is 0.367 e. The first kappa shape index (κ1) is 16.5. The molecule has 1 saturated heterocycles. The molecule has 1 N–H and O–H groups in total. The Morgan fingerprint density at radius 3 is 2.78 bits per heavy atom. The minimum Gasteiger partial charge on any atom is -0.367 e. The fourth-order valence-corrected chi connectivity index (χ4v) is 4.23. The Bertz CT molecular complexity index is 1140. The van der Waals surface area contributed by atoms with Gasteiger partial charge >= 0.3 is 0 Å². The molecule has 27 heavy (non-hydrogen) atoms. The molecule has 3 aliphatic heterocycles. The van der Waals surface area contributed by atoms with Gasteiger partial charge in [-0.3, -0.25) is 4.79 Å². The average molecular weight is 383 g/mol. The van der Waals surface area contributed by atoms with Crippen molar-refractivity contribution in [2.24, 2.45) is 0 Å². The van der Waals surface area contributed by atoms with Crippen molar-refractivity contribution >= 4 is 27.9 Å². The minimum atomic E-state index is -0.287. The number of likely N-dealkylation sites (N-methyl/N-ethyl adjacent to an activating group) is 1. The highest BCUT2D eigenvalue weighted by Crippen LogP contribution is 2.31. The number of halogens is 1. The van der Waals surface area contributed by atoms with Crippen molar-refractivity contribution in [1.29, 1.82) is 0 Å². The van der Waals surface area contributed by atoms with Gasteiger partial charge in [-0.15, -0.1) is 0 Å². The van der Waals surface area contributed by atoms with E-state index in [1.807, 2.05) is 22.9 Å². The van der Waals surface area contributed by atoms with Crippen LogP contribution in [-0.2, 0) is 0 Å². The molecule has 1 aromatic carbocycles. The third-order valence-corrected chi connectivity index (χ3v) is 5.86. The molecule has 1 aromatic heterocycles. The van der Waals surface area contributed by atoms with Crippen molar-refractivity contribution in [3.63, 3.8) is 0 Å². The predicted octanol–water partition coefficient (Wildman–Crippen LogP) is 2.77. The lowest BCUT2D eigenvalue weighted by molar-refractivity contribution is 0.312. The zero-order valence-corrected chi connectivity index (χ0v) is 15.6. The number of benzene rings is 1.